The molecule has 0 unspecified atom stereocenters. The van der Waals surface area contributed by atoms with Gasteiger partial charge in [0.05, 0.1) is 6.54 Å². The topological polar surface area (TPSA) is 52.5 Å². The Hall–Kier alpha value is -1.05. The van der Waals surface area contributed by atoms with Crippen molar-refractivity contribution in [3.8, 4) is 0 Å². The summed E-state index contributed by atoms with van der Waals surface area (Å²) in [5.74, 6) is 1.64. The third kappa shape index (κ3) is 3.22. The van der Waals surface area contributed by atoms with Gasteiger partial charge in [0.15, 0.2) is 0 Å². The Labute approximate surface area is 106 Å². The number of pyridine rings is 1. The Morgan fingerprint density at radius 1 is 1.33 bits per heavy atom. The molecule has 0 atom stereocenters. The number of hydrogen-bond acceptors (Lipinski definition) is 5. The molecule has 15 heavy (non-hydrogen) atoms. The lowest BCUT2D eigenvalue weighted by molar-refractivity contribution is 0.540. The fourth-order valence-electron chi connectivity index (χ4n) is 1.22. The first-order valence-electron chi connectivity index (χ1n) is 4.55. The third-order valence-corrected chi connectivity index (χ3v) is 2.03. The molecule has 1 aliphatic rings. The van der Waals surface area contributed by atoms with Gasteiger partial charge in [-0.3, -0.25) is 10.9 Å². The maximum Gasteiger partial charge on any atom is 0.212 e. The van der Waals surface area contributed by atoms with Crippen LogP contribution in [0.3, 0.4) is 0 Å². The van der Waals surface area contributed by atoms with E-state index in [4.69, 9.17) is 0 Å². The molecule has 0 bridgehead atoms. The molecule has 0 saturated carbocycles. The smallest absolute Gasteiger partial charge is 0.212 e. The van der Waals surface area contributed by atoms with E-state index in [-0.39, 0.29) is 24.0 Å². The average molecular weight is 319 g/mol. The maximum atomic E-state index is 4.27. The molecule has 82 valence electrons. The van der Waals surface area contributed by atoms with Crippen LogP contribution in [0.2, 0.25) is 0 Å². The first-order valence-corrected chi connectivity index (χ1v) is 4.55. The summed E-state index contributed by atoms with van der Waals surface area (Å²) in [5, 5.41) is 0. The van der Waals surface area contributed by atoms with Crippen molar-refractivity contribution >= 4 is 35.8 Å². The number of guanidine groups is 1. The zero-order valence-corrected chi connectivity index (χ0v) is 10.8. The van der Waals surface area contributed by atoms with E-state index >= 15 is 0 Å². The molecule has 0 aliphatic carbocycles. The van der Waals surface area contributed by atoms with E-state index in [0.717, 1.165) is 24.9 Å². The second-order valence-corrected chi connectivity index (χ2v) is 3.09. The van der Waals surface area contributed by atoms with Gasteiger partial charge in [0.2, 0.25) is 5.96 Å². The van der Waals surface area contributed by atoms with Crippen LogP contribution < -0.4 is 10.9 Å². The summed E-state index contributed by atoms with van der Waals surface area (Å²) >= 11 is 0. The van der Waals surface area contributed by atoms with Gasteiger partial charge in [-0.1, -0.05) is 6.07 Å². The van der Waals surface area contributed by atoms with E-state index in [2.05, 4.69) is 25.7 Å². The van der Waals surface area contributed by atoms with E-state index in [1.807, 2.05) is 25.2 Å². The standard InChI is InChI=1S/C9H13N5.HI/c1-14-7-6-11-9(14)13-12-8-4-2-3-5-10-8;/h2-5H,6-7H2,1H3,(H,10,12)(H,11,13);1H. The van der Waals surface area contributed by atoms with Crippen LogP contribution in [0.5, 0.6) is 0 Å². The van der Waals surface area contributed by atoms with Gasteiger partial charge in [0, 0.05) is 19.8 Å². The maximum absolute atomic E-state index is 4.27. The summed E-state index contributed by atoms with van der Waals surface area (Å²) < 4.78 is 0. The monoisotopic (exact) mass is 319 g/mol. The minimum absolute atomic E-state index is 0. The first-order chi connectivity index (χ1) is 6.86. The number of halogens is 1. The molecule has 1 aromatic heterocycles. The summed E-state index contributed by atoms with van der Waals surface area (Å²) in [5.41, 5.74) is 5.99. The molecule has 2 N–H and O–H groups in total. The van der Waals surface area contributed by atoms with Crippen molar-refractivity contribution in [1.82, 2.24) is 15.3 Å². The Bertz CT molecular complexity index is 327. The van der Waals surface area contributed by atoms with Crippen molar-refractivity contribution < 1.29 is 0 Å². The summed E-state index contributed by atoms with van der Waals surface area (Å²) in [6.07, 6.45) is 1.74. The Balaban J connectivity index is 0.00000112. The number of anilines is 1. The number of nitrogens with zero attached hydrogens (tertiary/aromatic N) is 3. The second-order valence-electron chi connectivity index (χ2n) is 3.09. The van der Waals surface area contributed by atoms with Crippen LogP contribution in [-0.4, -0.2) is 36.0 Å². The predicted molar refractivity (Wildman–Crippen MR) is 71.3 cm³/mol. The second kappa shape index (κ2) is 5.74. The molecule has 1 aromatic rings. The largest absolute Gasteiger partial charge is 0.343 e. The lowest BCUT2D eigenvalue weighted by Crippen LogP contribution is -2.39. The van der Waals surface area contributed by atoms with Crippen molar-refractivity contribution in [1.29, 1.82) is 0 Å². The average Bonchev–Trinajstić information content (AvgIpc) is 2.63. The van der Waals surface area contributed by atoms with Gasteiger partial charge in [-0.2, -0.15) is 0 Å². The van der Waals surface area contributed by atoms with Crippen LogP contribution in [0, 0.1) is 0 Å². The van der Waals surface area contributed by atoms with Crippen LogP contribution in [-0.2, 0) is 0 Å². The molecular weight excluding hydrogens is 305 g/mol. The number of likely N-dealkylation sites (N-methyl/N-ethyl adjacent to an activating group) is 1. The van der Waals surface area contributed by atoms with E-state index in [0.29, 0.717) is 0 Å². The Morgan fingerprint density at radius 2 is 2.20 bits per heavy atom. The van der Waals surface area contributed by atoms with Crippen LogP contribution in [0.4, 0.5) is 5.82 Å². The van der Waals surface area contributed by atoms with Crippen molar-refractivity contribution in [3.05, 3.63) is 24.4 Å². The van der Waals surface area contributed by atoms with Gasteiger partial charge in [-0.25, -0.2) is 9.98 Å². The lowest BCUT2D eigenvalue weighted by atomic mass is 10.5. The van der Waals surface area contributed by atoms with Gasteiger partial charge in [0.1, 0.15) is 5.82 Å². The van der Waals surface area contributed by atoms with Gasteiger partial charge in [-0.05, 0) is 12.1 Å². The van der Waals surface area contributed by atoms with Crippen LogP contribution in [0.25, 0.3) is 0 Å². The van der Waals surface area contributed by atoms with Crippen molar-refractivity contribution in [3.63, 3.8) is 0 Å². The van der Waals surface area contributed by atoms with E-state index < -0.39 is 0 Å². The van der Waals surface area contributed by atoms with Crippen molar-refractivity contribution in [2.45, 2.75) is 0 Å². The summed E-state index contributed by atoms with van der Waals surface area (Å²) in [7, 11) is 2.00. The summed E-state index contributed by atoms with van der Waals surface area (Å²) in [6, 6.07) is 5.70. The highest BCUT2D eigenvalue weighted by Crippen LogP contribution is 1.99. The lowest BCUT2D eigenvalue weighted by Gasteiger charge is -2.15. The molecule has 1 aliphatic heterocycles. The Kier molecular flexibility index (Phi) is 4.60. The van der Waals surface area contributed by atoms with Gasteiger partial charge in [-0.15, -0.1) is 24.0 Å². The summed E-state index contributed by atoms with van der Waals surface area (Å²) in [6.45, 7) is 1.81. The molecule has 0 radical (unpaired) electrons. The first kappa shape index (κ1) is 12.0. The SMILES string of the molecule is CN1CCN=C1NNc1ccccn1.I. The molecular formula is C9H14IN5. The van der Waals surface area contributed by atoms with Crippen molar-refractivity contribution in [2.75, 3.05) is 25.6 Å². The van der Waals surface area contributed by atoms with Gasteiger partial charge < -0.3 is 4.90 Å². The third-order valence-electron chi connectivity index (χ3n) is 2.03. The van der Waals surface area contributed by atoms with Gasteiger partial charge >= 0.3 is 0 Å². The summed E-state index contributed by atoms with van der Waals surface area (Å²) in [4.78, 5) is 10.4. The molecule has 2 heterocycles. The number of hydrogen-bond donors (Lipinski definition) is 2. The highest BCUT2D eigenvalue weighted by atomic mass is 127. The highest BCUT2D eigenvalue weighted by Gasteiger charge is 2.10. The molecule has 0 spiro atoms. The van der Waals surface area contributed by atoms with E-state index in [1.54, 1.807) is 6.20 Å². The number of rotatable bonds is 2. The van der Waals surface area contributed by atoms with Crippen LogP contribution >= 0.6 is 24.0 Å². The number of nitrogens with one attached hydrogen (secondary N) is 2. The van der Waals surface area contributed by atoms with E-state index in [1.165, 1.54) is 0 Å². The van der Waals surface area contributed by atoms with Gasteiger partial charge in [0.25, 0.3) is 0 Å². The molecule has 0 aromatic carbocycles. The van der Waals surface area contributed by atoms with Crippen LogP contribution in [0.15, 0.2) is 29.4 Å². The fourth-order valence-corrected chi connectivity index (χ4v) is 1.22. The fraction of sp³-hybridized carbons (Fsp3) is 0.333. The van der Waals surface area contributed by atoms with E-state index in [9.17, 15) is 0 Å². The van der Waals surface area contributed by atoms with Crippen molar-refractivity contribution in [2.24, 2.45) is 4.99 Å². The number of aromatic nitrogens is 1. The number of aliphatic imine (C=N–C) groups is 1. The Morgan fingerprint density at radius 3 is 2.80 bits per heavy atom. The molecule has 0 saturated heterocycles. The molecule has 2 rings (SSSR count). The molecule has 0 fully saturated rings. The normalized spacial score (nSPS) is 14.2. The zero-order valence-electron chi connectivity index (χ0n) is 8.47. The minimum Gasteiger partial charge on any atom is -0.343 e. The zero-order chi connectivity index (χ0) is 9.80. The minimum atomic E-state index is 0. The predicted octanol–water partition coefficient (Wildman–Crippen LogP) is 0.917. The number of hydrazine groups is 1. The quantitative estimate of drug-likeness (QED) is 0.629. The van der Waals surface area contributed by atoms with Crippen LogP contribution in [0.1, 0.15) is 0 Å². The molecule has 5 nitrogen and oxygen atoms in total. The highest BCUT2D eigenvalue weighted by molar-refractivity contribution is 14.0. The molecule has 0 amide bonds. The molecule has 6 heteroatoms.